The molecule has 0 saturated carbocycles. The fraction of sp³-hybridized carbons (Fsp3) is 0.429. The first kappa shape index (κ1) is 14.7. The number of anilines is 1. The van der Waals surface area contributed by atoms with Crippen LogP contribution >= 0.6 is 11.6 Å². The summed E-state index contributed by atoms with van der Waals surface area (Å²) in [5.74, 6) is 0.0543. The Morgan fingerprint density at radius 1 is 1.15 bits per heavy atom. The highest BCUT2D eigenvalue weighted by Gasteiger charge is 2.22. The number of hydrogen-bond acceptors (Lipinski definition) is 2. The summed E-state index contributed by atoms with van der Waals surface area (Å²) in [7, 11) is 0. The Hall–Kier alpha value is -1.75. The molecule has 0 radical (unpaired) electrons. The molecule has 0 bridgehead atoms. The molecule has 5 nitrogen and oxygen atoms in total. The van der Waals surface area contributed by atoms with E-state index in [1.807, 2.05) is 13.0 Å². The van der Waals surface area contributed by atoms with Crippen LogP contribution in [-0.2, 0) is 4.79 Å². The molecule has 0 unspecified atom stereocenters. The van der Waals surface area contributed by atoms with Gasteiger partial charge in [-0.25, -0.2) is 4.79 Å². The van der Waals surface area contributed by atoms with E-state index in [2.05, 4.69) is 5.32 Å². The Morgan fingerprint density at radius 2 is 1.75 bits per heavy atom. The molecule has 0 aromatic heterocycles. The van der Waals surface area contributed by atoms with Gasteiger partial charge in [-0.15, -0.1) is 0 Å². The van der Waals surface area contributed by atoms with E-state index >= 15 is 0 Å². The lowest BCUT2D eigenvalue weighted by atomic mass is 10.2. The molecule has 1 aromatic carbocycles. The van der Waals surface area contributed by atoms with Crippen molar-refractivity contribution < 1.29 is 9.59 Å². The largest absolute Gasteiger partial charge is 0.339 e. The number of urea groups is 1. The summed E-state index contributed by atoms with van der Waals surface area (Å²) in [5.41, 5.74) is 1.68. The second kappa shape index (κ2) is 6.13. The van der Waals surface area contributed by atoms with Gasteiger partial charge in [0.2, 0.25) is 5.91 Å². The number of amides is 3. The van der Waals surface area contributed by atoms with Crippen LogP contribution in [0.1, 0.15) is 12.5 Å². The van der Waals surface area contributed by atoms with Crippen molar-refractivity contribution in [2.24, 2.45) is 0 Å². The lowest BCUT2D eigenvalue weighted by molar-refractivity contribution is -0.130. The van der Waals surface area contributed by atoms with Crippen molar-refractivity contribution in [3.8, 4) is 0 Å². The highest BCUT2D eigenvalue weighted by Crippen LogP contribution is 2.20. The first-order valence-corrected chi connectivity index (χ1v) is 6.93. The minimum atomic E-state index is -0.140. The van der Waals surface area contributed by atoms with Gasteiger partial charge in [-0.05, 0) is 30.7 Å². The fourth-order valence-electron chi connectivity index (χ4n) is 2.19. The number of piperazine rings is 1. The monoisotopic (exact) mass is 295 g/mol. The van der Waals surface area contributed by atoms with Crippen LogP contribution in [-0.4, -0.2) is 47.9 Å². The third-order valence-corrected chi connectivity index (χ3v) is 3.68. The molecule has 1 fully saturated rings. The molecule has 0 aliphatic carbocycles. The summed E-state index contributed by atoms with van der Waals surface area (Å²) < 4.78 is 0. The number of nitrogens with zero attached hydrogens (tertiary/aromatic N) is 2. The van der Waals surface area contributed by atoms with Crippen molar-refractivity contribution in [2.45, 2.75) is 13.8 Å². The van der Waals surface area contributed by atoms with E-state index in [1.165, 1.54) is 0 Å². The molecule has 1 heterocycles. The number of carbonyl (C=O) groups is 2. The number of nitrogens with one attached hydrogen (secondary N) is 1. The Bertz CT molecular complexity index is 525. The SMILES string of the molecule is CC(=O)N1CCN(C(=O)Nc2ccc(Cl)cc2C)CC1. The number of hydrogen-bond donors (Lipinski definition) is 1. The van der Waals surface area contributed by atoms with Gasteiger partial charge in [0.25, 0.3) is 0 Å². The summed E-state index contributed by atoms with van der Waals surface area (Å²) in [6.45, 7) is 5.72. The van der Waals surface area contributed by atoms with Gasteiger partial charge >= 0.3 is 6.03 Å². The lowest BCUT2D eigenvalue weighted by Crippen LogP contribution is -2.51. The maximum atomic E-state index is 12.2. The van der Waals surface area contributed by atoms with Gasteiger partial charge in [-0.2, -0.15) is 0 Å². The zero-order valence-corrected chi connectivity index (χ0v) is 12.4. The molecule has 1 saturated heterocycles. The molecule has 6 heteroatoms. The van der Waals surface area contributed by atoms with E-state index in [0.29, 0.717) is 31.2 Å². The highest BCUT2D eigenvalue weighted by molar-refractivity contribution is 6.30. The third-order valence-electron chi connectivity index (χ3n) is 3.44. The topological polar surface area (TPSA) is 52.7 Å². The summed E-state index contributed by atoms with van der Waals surface area (Å²) >= 11 is 5.89. The molecule has 0 spiro atoms. The second-order valence-electron chi connectivity index (χ2n) is 4.88. The quantitative estimate of drug-likeness (QED) is 0.864. The zero-order valence-electron chi connectivity index (χ0n) is 11.6. The van der Waals surface area contributed by atoms with Crippen LogP contribution in [0.4, 0.5) is 10.5 Å². The normalized spacial score (nSPS) is 15.2. The van der Waals surface area contributed by atoms with Gasteiger partial charge in [0.1, 0.15) is 0 Å². The van der Waals surface area contributed by atoms with Crippen molar-refractivity contribution in [1.29, 1.82) is 0 Å². The van der Waals surface area contributed by atoms with Gasteiger partial charge in [0.05, 0.1) is 0 Å². The van der Waals surface area contributed by atoms with Gasteiger partial charge in [-0.1, -0.05) is 11.6 Å². The predicted octanol–water partition coefficient (Wildman–Crippen LogP) is 2.34. The molecule has 1 aliphatic heterocycles. The second-order valence-corrected chi connectivity index (χ2v) is 5.32. The van der Waals surface area contributed by atoms with E-state index in [9.17, 15) is 9.59 Å². The maximum Gasteiger partial charge on any atom is 0.321 e. The summed E-state index contributed by atoms with van der Waals surface area (Å²) in [5, 5.41) is 3.52. The van der Waals surface area contributed by atoms with E-state index < -0.39 is 0 Å². The van der Waals surface area contributed by atoms with Crippen molar-refractivity contribution in [2.75, 3.05) is 31.5 Å². The van der Waals surface area contributed by atoms with Crippen LogP contribution < -0.4 is 5.32 Å². The van der Waals surface area contributed by atoms with E-state index in [4.69, 9.17) is 11.6 Å². The fourth-order valence-corrected chi connectivity index (χ4v) is 2.41. The molecule has 1 aromatic rings. The minimum absolute atomic E-state index is 0.0543. The highest BCUT2D eigenvalue weighted by atomic mass is 35.5. The minimum Gasteiger partial charge on any atom is -0.339 e. The average Bonchev–Trinajstić information content (AvgIpc) is 2.42. The standard InChI is InChI=1S/C14H18ClN3O2/c1-10-9-12(15)3-4-13(10)16-14(20)18-7-5-17(6-8-18)11(2)19/h3-4,9H,5-8H2,1-2H3,(H,16,20). The van der Waals surface area contributed by atoms with Gasteiger partial charge < -0.3 is 15.1 Å². The van der Waals surface area contributed by atoms with E-state index in [0.717, 1.165) is 11.3 Å². The molecule has 0 atom stereocenters. The first-order chi connectivity index (χ1) is 9.47. The number of halogens is 1. The predicted molar refractivity (Wildman–Crippen MR) is 79.0 cm³/mol. The molecular formula is C14H18ClN3O2. The Balaban J connectivity index is 1.94. The number of benzene rings is 1. The van der Waals surface area contributed by atoms with Crippen LogP contribution in [0.25, 0.3) is 0 Å². The van der Waals surface area contributed by atoms with Crippen LogP contribution in [0.15, 0.2) is 18.2 Å². The zero-order chi connectivity index (χ0) is 14.7. The Kier molecular flexibility index (Phi) is 4.49. The molecule has 108 valence electrons. The van der Waals surface area contributed by atoms with Crippen molar-refractivity contribution >= 4 is 29.2 Å². The van der Waals surface area contributed by atoms with Crippen LogP contribution in [0, 0.1) is 6.92 Å². The summed E-state index contributed by atoms with van der Waals surface area (Å²) in [4.78, 5) is 26.9. The molecular weight excluding hydrogens is 278 g/mol. The third kappa shape index (κ3) is 3.42. The van der Waals surface area contributed by atoms with Crippen LogP contribution in [0.2, 0.25) is 5.02 Å². The van der Waals surface area contributed by atoms with Gasteiger partial charge in [0.15, 0.2) is 0 Å². The summed E-state index contributed by atoms with van der Waals surface area (Å²) in [6.07, 6.45) is 0. The van der Waals surface area contributed by atoms with Crippen LogP contribution in [0.3, 0.4) is 0 Å². The number of aryl methyl sites for hydroxylation is 1. The maximum absolute atomic E-state index is 12.2. The van der Waals surface area contributed by atoms with Crippen molar-refractivity contribution in [3.05, 3.63) is 28.8 Å². The molecule has 20 heavy (non-hydrogen) atoms. The molecule has 2 rings (SSSR count). The van der Waals surface area contributed by atoms with Crippen LogP contribution in [0.5, 0.6) is 0 Å². The summed E-state index contributed by atoms with van der Waals surface area (Å²) in [6, 6.07) is 5.21. The lowest BCUT2D eigenvalue weighted by Gasteiger charge is -2.34. The smallest absolute Gasteiger partial charge is 0.321 e. The average molecular weight is 296 g/mol. The Labute approximate surface area is 123 Å². The number of rotatable bonds is 1. The van der Waals surface area contributed by atoms with Crippen molar-refractivity contribution in [1.82, 2.24) is 9.80 Å². The molecule has 1 aliphatic rings. The van der Waals surface area contributed by atoms with E-state index in [-0.39, 0.29) is 11.9 Å². The first-order valence-electron chi connectivity index (χ1n) is 6.55. The number of carbonyl (C=O) groups excluding carboxylic acids is 2. The van der Waals surface area contributed by atoms with Gasteiger partial charge in [0, 0.05) is 43.8 Å². The molecule has 1 N–H and O–H groups in total. The molecule has 3 amide bonds. The van der Waals surface area contributed by atoms with Crippen molar-refractivity contribution in [3.63, 3.8) is 0 Å². The Morgan fingerprint density at radius 3 is 2.30 bits per heavy atom. The van der Waals surface area contributed by atoms with Gasteiger partial charge in [-0.3, -0.25) is 4.79 Å². The van der Waals surface area contributed by atoms with E-state index in [1.54, 1.807) is 28.9 Å².